The molecule has 0 spiro atoms. The van der Waals surface area contributed by atoms with Gasteiger partial charge in [0.05, 0.1) is 5.52 Å². The van der Waals surface area contributed by atoms with E-state index in [0.29, 0.717) is 16.8 Å². The molecule has 1 aromatic carbocycles. The number of rotatable bonds is 3. The van der Waals surface area contributed by atoms with Gasteiger partial charge in [-0.25, -0.2) is 4.79 Å². The second-order valence-electron chi connectivity index (χ2n) is 4.41. The molecule has 0 unspecified atom stereocenters. The summed E-state index contributed by atoms with van der Waals surface area (Å²) >= 11 is 1.21. The van der Waals surface area contributed by atoms with E-state index in [1.165, 1.54) is 17.4 Å². The molecule has 0 aliphatic rings. The van der Waals surface area contributed by atoms with Crippen LogP contribution in [0.4, 0.5) is 0 Å². The summed E-state index contributed by atoms with van der Waals surface area (Å²) in [5.74, 6) is -0.916. The van der Waals surface area contributed by atoms with Crippen molar-refractivity contribution in [3.05, 3.63) is 68.6 Å². The lowest BCUT2D eigenvalue weighted by Gasteiger charge is -2.10. The number of nitrogens with zero attached hydrogens (tertiary/aromatic N) is 1. The second-order valence-corrected chi connectivity index (χ2v) is 5.32. The number of carboxylic acids is 1. The van der Waals surface area contributed by atoms with Crippen LogP contribution in [0.25, 0.3) is 10.9 Å². The van der Waals surface area contributed by atoms with E-state index in [1.807, 2.05) is 22.8 Å². The Morgan fingerprint density at radius 1 is 1.20 bits per heavy atom. The van der Waals surface area contributed by atoms with E-state index < -0.39 is 5.97 Å². The number of aromatic nitrogens is 1. The van der Waals surface area contributed by atoms with Gasteiger partial charge in [0.15, 0.2) is 5.43 Å². The topological polar surface area (TPSA) is 59.3 Å². The highest BCUT2D eigenvalue weighted by atomic mass is 32.1. The lowest BCUT2D eigenvalue weighted by Crippen LogP contribution is -2.10. The third kappa shape index (κ3) is 2.12. The first-order chi connectivity index (χ1) is 9.66. The molecule has 0 saturated heterocycles. The van der Waals surface area contributed by atoms with Crippen molar-refractivity contribution in [3.63, 3.8) is 0 Å². The molecule has 0 bridgehead atoms. The predicted octanol–water partition coefficient (Wildman–Crippen LogP) is 2.81. The number of hydrogen-bond donors (Lipinski definition) is 1. The molecule has 0 aliphatic heterocycles. The van der Waals surface area contributed by atoms with Gasteiger partial charge in [-0.05, 0) is 29.1 Å². The fourth-order valence-electron chi connectivity index (χ4n) is 2.23. The molecule has 0 saturated carbocycles. The van der Waals surface area contributed by atoms with Crippen molar-refractivity contribution >= 4 is 28.2 Å². The van der Waals surface area contributed by atoms with Gasteiger partial charge in [0, 0.05) is 24.2 Å². The SMILES string of the molecule is O=C(O)c1sccc1Cn1ccc(=O)c2ccccc21. The van der Waals surface area contributed by atoms with Crippen molar-refractivity contribution in [2.24, 2.45) is 0 Å². The average Bonchev–Trinajstić information content (AvgIpc) is 2.91. The van der Waals surface area contributed by atoms with E-state index in [1.54, 1.807) is 23.7 Å². The Morgan fingerprint density at radius 2 is 2.00 bits per heavy atom. The van der Waals surface area contributed by atoms with Gasteiger partial charge in [-0.15, -0.1) is 11.3 Å². The van der Waals surface area contributed by atoms with Gasteiger partial charge in [0.1, 0.15) is 4.88 Å². The molecule has 0 amide bonds. The lowest BCUT2D eigenvalue weighted by atomic mass is 10.2. The van der Waals surface area contributed by atoms with Crippen molar-refractivity contribution < 1.29 is 9.90 Å². The first kappa shape index (κ1) is 12.6. The van der Waals surface area contributed by atoms with E-state index in [0.717, 1.165) is 11.1 Å². The van der Waals surface area contributed by atoms with Gasteiger partial charge in [0.25, 0.3) is 0 Å². The highest BCUT2D eigenvalue weighted by Gasteiger charge is 2.12. The minimum absolute atomic E-state index is 0.0272. The summed E-state index contributed by atoms with van der Waals surface area (Å²) in [6.45, 7) is 0.436. The summed E-state index contributed by atoms with van der Waals surface area (Å²) in [6.07, 6.45) is 1.70. The molecule has 0 radical (unpaired) electrons. The van der Waals surface area contributed by atoms with E-state index >= 15 is 0 Å². The van der Waals surface area contributed by atoms with Crippen molar-refractivity contribution in [3.8, 4) is 0 Å². The number of para-hydroxylation sites is 1. The summed E-state index contributed by atoms with van der Waals surface area (Å²) < 4.78 is 1.89. The number of carbonyl (C=O) groups is 1. The normalized spacial score (nSPS) is 10.8. The van der Waals surface area contributed by atoms with Gasteiger partial charge in [-0.1, -0.05) is 12.1 Å². The molecule has 0 atom stereocenters. The maximum absolute atomic E-state index is 11.8. The Morgan fingerprint density at radius 3 is 2.80 bits per heavy atom. The van der Waals surface area contributed by atoms with E-state index in [2.05, 4.69) is 0 Å². The highest BCUT2D eigenvalue weighted by molar-refractivity contribution is 7.12. The number of pyridine rings is 1. The van der Waals surface area contributed by atoms with Crippen LogP contribution in [0, 0.1) is 0 Å². The van der Waals surface area contributed by atoms with Crippen LogP contribution in [-0.4, -0.2) is 15.6 Å². The largest absolute Gasteiger partial charge is 0.477 e. The van der Waals surface area contributed by atoms with E-state index in [-0.39, 0.29) is 5.43 Å². The van der Waals surface area contributed by atoms with Gasteiger partial charge in [-0.3, -0.25) is 4.79 Å². The third-order valence-electron chi connectivity index (χ3n) is 3.17. The predicted molar refractivity (Wildman–Crippen MR) is 78.6 cm³/mol. The van der Waals surface area contributed by atoms with Crippen LogP contribution >= 0.6 is 11.3 Å². The van der Waals surface area contributed by atoms with Crippen LogP contribution in [0.3, 0.4) is 0 Å². The summed E-state index contributed by atoms with van der Waals surface area (Å²) in [4.78, 5) is 23.3. The summed E-state index contributed by atoms with van der Waals surface area (Å²) in [7, 11) is 0. The van der Waals surface area contributed by atoms with E-state index in [4.69, 9.17) is 5.11 Å². The standard InChI is InChI=1S/C15H11NO3S/c17-13-5-7-16(12-4-2-1-3-11(12)13)9-10-6-8-20-14(10)15(18)19/h1-8H,9H2,(H,18,19). The number of benzene rings is 1. The molecule has 0 fully saturated rings. The molecule has 2 aromatic heterocycles. The van der Waals surface area contributed by atoms with Crippen LogP contribution in [0.15, 0.2) is 52.8 Å². The van der Waals surface area contributed by atoms with Crippen LogP contribution in [-0.2, 0) is 6.54 Å². The number of carboxylic acid groups (broad SMARTS) is 1. The minimum Gasteiger partial charge on any atom is -0.477 e. The fourth-order valence-corrected chi connectivity index (χ4v) is 2.98. The van der Waals surface area contributed by atoms with Crippen LogP contribution in [0.5, 0.6) is 0 Å². The summed E-state index contributed by atoms with van der Waals surface area (Å²) in [5.41, 5.74) is 1.53. The van der Waals surface area contributed by atoms with Crippen molar-refractivity contribution in [1.29, 1.82) is 0 Å². The van der Waals surface area contributed by atoms with E-state index in [9.17, 15) is 9.59 Å². The monoisotopic (exact) mass is 285 g/mol. The van der Waals surface area contributed by atoms with Crippen molar-refractivity contribution in [2.75, 3.05) is 0 Å². The molecular weight excluding hydrogens is 274 g/mol. The first-order valence-electron chi connectivity index (χ1n) is 6.04. The van der Waals surface area contributed by atoms with Crippen LogP contribution in [0.2, 0.25) is 0 Å². The van der Waals surface area contributed by atoms with Gasteiger partial charge >= 0.3 is 5.97 Å². The number of aromatic carboxylic acids is 1. The maximum Gasteiger partial charge on any atom is 0.346 e. The number of thiophene rings is 1. The minimum atomic E-state index is -0.916. The molecule has 20 heavy (non-hydrogen) atoms. The Kier molecular flexibility index (Phi) is 3.12. The first-order valence-corrected chi connectivity index (χ1v) is 6.92. The molecular formula is C15H11NO3S. The molecule has 4 nitrogen and oxygen atoms in total. The molecule has 2 heterocycles. The molecule has 3 rings (SSSR count). The molecule has 3 aromatic rings. The zero-order chi connectivity index (χ0) is 14.1. The molecule has 0 aliphatic carbocycles. The van der Waals surface area contributed by atoms with Gasteiger partial charge in [0.2, 0.25) is 0 Å². The zero-order valence-corrected chi connectivity index (χ0v) is 11.3. The maximum atomic E-state index is 11.8. The number of fused-ring (bicyclic) bond motifs is 1. The van der Waals surface area contributed by atoms with Crippen molar-refractivity contribution in [2.45, 2.75) is 6.54 Å². The summed E-state index contributed by atoms with van der Waals surface area (Å²) in [6, 6.07) is 10.6. The van der Waals surface area contributed by atoms with Crippen molar-refractivity contribution in [1.82, 2.24) is 4.57 Å². The average molecular weight is 285 g/mol. The fraction of sp³-hybridized carbons (Fsp3) is 0.0667. The Labute approximate surface area is 118 Å². The number of hydrogen-bond acceptors (Lipinski definition) is 3. The summed E-state index contributed by atoms with van der Waals surface area (Å²) in [5, 5.41) is 11.5. The van der Waals surface area contributed by atoms with Gasteiger partial charge in [-0.2, -0.15) is 0 Å². The van der Waals surface area contributed by atoms with Crippen LogP contribution in [0.1, 0.15) is 15.2 Å². The quantitative estimate of drug-likeness (QED) is 0.805. The highest BCUT2D eigenvalue weighted by Crippen LogP contribution is 2.19. The van der Waals surface area contributed by atoms with Gasteiger partial charge < -0.3 is 9.67 Å². The molecule has 100 valence electrons. The van der Waals surface area contributed by atoms with Crippen LogP contribution < -0.4 is 5.43 Å². The molecule has 5 heteroatoms. The zero-order valence-electron chi connectivity index (χ0n) is 10.4. The third-order valence-corrected chi connectivity index (χ3v) is 4.11. The smallest absolute Gasteiger partial charge is 0.346 e. The Balaban J connectivity index is 2.12. The second kappa shape index (κ2) is 4.94. The Hall–Kier alpha value is -2.40. The molecule has 1 N–H and O–H groups in total. The Bertz CT molecular complexity index is 847. The lowest BCUT2D eigenvalue weighted by molar-refractivity contribution is 0.0701.